The van der Waals surface area contributed by atoms with Crippen molar-refractivity contribution in [3.63, 3.8) is 0 Å². The Morgan fingerprint density at radius 2 is 1.69 bits per heavy atom. The van der Waals surface area contributed by atoms with Crippen LogP contribution >= 0.6 is 0 Å². The van der Waals surface area contributed by atoms with E-state index >= 15 is 0 Å². The minimum Gasteiger partial charge on any atom is -0.496 e. The van der Waals surface area contributed by atoms with Crippen LogP contribution in [0.5, 0.6) is 5.75 Å². The third-order valence-corrected chi connectivity index (χ3v) is 6.75. The number of hydrogen-bond acceptors (Lipinski definition) is 5. The summed E-state index contributed by atoms with van der Waals surface area (Å²) in [6.07, 6.45) is 4.92. The lowest BCUT2D eigenvalue weighted by atomic mass is 10.0. The van der Waals surface area contributed by atoms with E-state index in [-0.39, 0.29) is 30.3 Å². The largest absolute Gasteiger partial charge is 0.496 e. The first kappa shape index (κ1) is 24.7. The highest BCUT2D eigenvalue weighted by molar-refractivity contribution is 5.98. The van der Waals surface area contributed by atoms with E-state index in [2.05, 4.69) is 15.5 Å². The van der Waals surface area contributed by atoms with Crippen LogP contribution in [0.2, 0.25) is 0 Å². The Bertz CT molecular complexity index is 1030. The average Bonchev–Trinajstić information content (AvgIpc) is 3.34. The number of carbonyl (C=O) groups is 3. The molecular formula is C27H34N4O4. The van der Waals surface area contributed by atoms with Crippen molar-refractivity contribution in [2.45, 2.75) is 38.1 Å². The second-order valence-corrected chi connectivity index (χ2v) is 9.04. The molecule has 4 rings (SSSR count). The summed E-state index contributed by atoms with van der Waals surface area (Å²) in [5.41, 5.74) is 2.30. The fourth-order valence-electron chi connectivity index (χ4n) is 4.86. The Morgan fingerprint density at radius 1 is 0.943 bits per heavy atom. The van der Waals surface area contributed by atoms with Gasteiger partial charge in [-0.2, -0.15) is 0 Å². The number of ether oxygens (including phenoxy) is 1. The Balaban J connectivity index is 1.32. The molecule has 3 amide bonds. The number of nitrogens with one attached hydrogen (secondary N) is 2. The van der Waals surface area contributed by atoms with Gasteiger partial charge in [0.1, 0.15) is 5.75 Å². The number of methoxy groups -OCH3 is 1. The molecule has 2 aromatic carbocycles. The number of carbonyl (C=O) groups excluding carboxylic acids is 3. The van der Waals surface area contributed by atoms with Gasteiger partial charge in [-0.05, 0) is 62.7 Å². The second-order valence-electron chi connectivity index (χ2n) is 9.04. The normalized spacial score (nSPS) is 17.2. The zero-order valence-corrected chi connectivity index (χ0v) is 20.3. The standard InChI is InChI=1S/C27H34N4O4/c1-35-24-9-4-3-8-22(24)23(30-15-5-2-6-16-30)18-28-25(32)19-29-27(34)20-11-13-21(14-12-20)31-17-7-10-26(31)33/h3-4,8-9,11-14,23H,2,5-7,10,15-19H2,1H3,(H,28,32)(H,29,34). The monoisotopic (exact) mass is 478 g/mol. The minimum atomic E-state index is -0.322. The van der Waals surface area contributed by atoms with Gasteiger partial charge in [-0.15, -0.1) is 0 Å². The average molecular weight is 479 g/mol. The molecule has 0 aliphatic carbocycles. The van der Waals surface area contributed by atoms with Gasteiger partial charge in [0.15, 0.2) is 0 Å². The van der Waals surface area contributed by atoms with Gasteiger partial charge in [-0.1, -0.05) is 24.6 Å². The molecule has 2 N–H and O–H groups in total. The molecule has 1 atom stereocenters. The second kappa shape index (κ2) is 11.8. The van der Waals surface area contributed by atoms with Crippen LogP contribution < -0.4 is 20.3 Å². The topological polar surface area (TPSA) is 91.0 Å². The minimum absolute atomic E-state index is 0.00643. The maximum Gasteiger partial charge on any atom is 0.251 e. The van der Waals surface area contributed by atoms with E-state index in [9.17, 15) is 14.4 Å². The smallest absolute Gasteiger partial charge is 0.251 e. The van der Waals surface area contributed by atoms with E-state index in [1.165, 1.54) is 6.42 Å². The molecule has 0 bridgehead atoms. The predicted molar refractivity (Wildman–Crippen MR) is 135 cm³/mol. The van der Waals surface area contributed by atoms with Crippen molar-refractivity contribution in [2.75, 3.05) is 44.7 Å². The molecule has 0 aromatic heterocycles. The number of nitrogens with zero attached hydrogens (tertiary/aromatic N) is 2. The summed E-state index contributed by atoms with van der Waals surface area (Å²) in [7, 11) is 1.66. The van der Waals surface area contributed by atoms with Crippen LogP contribution in [0.3, 0.4) is 0 Å². The van der Waals surface area contributed by atoms with Crippen LogP contribution in [-0.2, 0) is 9.59 Å². The summed E-state index contributed by atoms with van der Waals surface area (Å²) < 4.78 is 5.58. The van der Waals surface area contributed by atoms with E-state index in [0.29, 0.717) is 25.1 Å². The molecule has 2 fully saturated rings. The maximum atomic E-state index is 12.6. The summed E-state index contributed by atoms with van der Waals surface area (Å²) in [6.45, 7) is 3.00. The van der Waals surface area contributed by atoms with Crippen LogP contribution in [0, 0.1) is 0 Å². The quantitative estimate of drug-likeness (QED) is 0.578. The number of amides is 3. The van der Waals surface area contributed by atoms with Crippen molar-refractivity contribution in [1.82, 2.24) is 15.5 Å². The zero-order valence-electron chi connectivity index (χ0n) is 20.3. The van der Waals surface area contributed by atoms with E-state index in [4.69, 9.17) is 4.74 Å². The van der Waals surface area contributed by atoms with Gasteiger partial charge < -0.3 is 20.3 Å². The van der Waals surface area contributed by atoms with Crippen molar-refractivity contribution >= 4 is 23.4 Å². The molecule has 8 nitrogen and oxygen atoms in total. The molecule has 1 unspecified atom stereocenters. The molecule has 2 aliphatic heterocycles. The molecule has 35 heavy (non-hydrogen) atoms. The number of anilines is 1. The van der Waals surface area contributed by atoms with Crippen molar-refractivity contribution in [3.05, 3.63) is 59.7 Å². The molecule has 0 radical (unpaired) electrons. The SMILES string of the molecule is COc1ccccc1C(CNC(=O)CNC(=O)c1ccc(N2CCCC2=O)cc1)N1CCCCC1. The number of piperidine rings is 1. The first-order valence-corrected chi connectivity index (χ1v) is 12.4. The summed E-state index contributed by atoms with van der Waals surface area (Å²) in [5, 5.41) is 5.69. The van der Waals surface area contributed by atoms with Gasteiger partial charge in [-0.25, -0.2) is 0 Å². The van der Waals surface area contributed by atoms with Crippen LogP contribution in [-0.4, -0.2) is 62.5 Å². The first-order chi connectivity index (χ1) is 17.1. The van der Waals surface area contributed by atoms with E-state index in [1.54, 1.807) is 36.3 Å². The van der Waals surface area contributed by atoms with Crippen molar-refractivity contribution < 1.29 is 19.1 Å². The van der Waals surface area contributed by atoms with Crippen molar-refractivity contribution in [2.24, 2.45) is 0 Å². The van der Waals surface area contributed by atoms with Crippen LogP contribution in [0.25, 0.3) is 0 Å². The molecule has 2 aromatic rings. The summed E-state index contributed by atoms with van der Waals surface area (Å²) in [4.78, 5) is 41.2. The third-order valence-electron chi connectivity index (χ3n) is 6.75. The highest BCUT2D eigenvalue weighted by Crippen LogP contribution is 2.31. The Morgan fingerprint density at radius 3 is 2.37 bits per heavy atom. The lowest BCUT2D eigenvalue weighted by molar-refractivity contribution is -0.120. The molecular weight excluding hydrogens is 444 g/mol. The summed E-state index contributed by atoms with van der Waals surface area (Å²) in [5.74, 6) is 0.353. The maximum absolute atomic E-state index is 12.6. The lowest BCUT2D eigenvalue weighted by Crippen LogP contribution is -2.43. The first-order valence-electron chi connectivity index (χ1n) is 12.4. The fourth-order valence-corrected chi connectivity index (χ4v) is 4.86. The molecule has 2 saturated heterocycles. The van der Waals surface area contributed by atoms with Crippen molar-refractivity contribution in [1.29, 1.82) is 0 Å². The summed E-state index contributed by atoms with van der Waals surface area (Å²) >= 11 is 0. The third kappa shape index (κ3) is 6.19. The summed E-state index contributed by atoms with van der Waals surface area (Å²) in [6, 6.07) is 14.8. The highest BCUT2D eigenvalue weighted by atomic mass is 16.5. The number of likely N-dealkylation sites (tertiary alicyclic amines) is 1. The van der Waals surface area contributed by atoms with Crippen molar-refractivity contribution in [3.8, 4) is 5.75 Å². The number of para-hydroxylation sites is 1. The highest BCUT2D eigenvalue weighted by Gasteiger charge is 2.25. The van der Waals surface area contributed by atoms with E-state index in [1.807, 2.05) is 24.3 Å². The molecule has 186 valence electrons. The number of benzene rings is 2. The van der Waals surface area contributed by atoms with Crippen LogP contribution in [0.15, 0.2) is 48.5 Å². The number of rotatable bonds is 9. The van der Waals surface area contributed by atoms with Gasteiger partial charge in [0.25, 0.3) is 5.91 Å². The van der Waals surface area contributed by atoms with E-state index in [0.717, 1.165) is 49.4 Å². The fraction of sp³-hybridized carbons (Fsp3) is 0.444. The van der Waals surface area contributed by atoms with Gasteiger partial charge in [0, 0.05) is 36.3 Å². The van der Waals surface area contributed by atoms with Crippen LogP contribution in [0.4, 0.5) is 5.69 Å². The lowest BCUT2D eigenvalue weighted by Gasteiger charge is -2.35. The Kier molecular flexibility index (Phi) is 8.36. The number of hydrogen-bond donors (Lipinski definition) is 2. The predicted octanol–water partition coefficient (Wildman–Crippen LogP) is 2.90. The molecule has 0 saturated carbocycles. The zero-order chi connectivity index (χ0) is 24.6. The van der Waals surface area contributed by atoms with Crippen LogP contribution in [0.1, 0.15) is 54.1 Å². The Hall–Kier alpha value is -3.39. The van der Waals surface area contributed by atoms with Gasteiger partial charge >= 0.3 is 0 Å². The van der Waals surface area contributed by atoms with Gasteiger partial charge in [0.2, 0.25) is 11.8 Å². The molecule has 8 heteroatoms. The van der Waals surface area contributed by atoms with E-state index < -0.39 is 0 Å². The molecule has 0 spiro atoms. The molecule has 2 heterocycles. The van der Waals surface area contributed by atoms with Gasteiger partial charge in [0.05, 0.1) is 19.7 Å². The molecule has 2 aliphatic rings. The Labute approximate surface area is 206 Å². The van der Waals surface area contributed by atoms with Gasteiger partial charge in [-0.3, -0.25) is 19.3 Å².